The Morgan fingerprint density at radius 3 is 2.32 bits per heavy atom. The summed E-state index contributed by atoms with van der Waals surface area (Å²) in [6, 6.07) is 8.39. The van der Waals surface area contributed by atoms with Gasteiger partial charge in [-0.1, -0.05) is 32.9 Å². The van der Waals surface area contributed by atoms with Gasteiger partial charge in [0, 0.05) is 9.64 Å². The lowest BCUT2D eigenvalue weighted by molar-refractivity contribution is -0.119. The van der Waals surface area contributed by atoms with Crippen molar-refractivity contribution in [2.24, 2.45) is 0 Å². The Balaban J connectivity index is 2.49. The van der Waals surface area contributed by atoms with Crippen molar-refractivity contribution in [3.05, 3.63) is 29.8 Å². The summed E-state index contributed by atoms with van der Waals surface area (Å²) in [5, 5.41) is 3.04. The predicted octanol–water partition coefficient (Wildman–Crippen LogP) is 4.12. The van der Waals surface area contributed by atoms with Crippen LogP contribution in [0.1, 0.15) is 39.3 Å². The van der Waals surface area contributed by atoms with E-state index in [0.717, 1.165) is 5.56 Å². The SMILES string of the molecule is CSc1ccc([C@@H](C)NC(=O)CSC(C)(C)C)cc1. The first-order valence-electron chi connectivity index (χ1n) is 6.39. The molecule has 1 atom stereocenters. The maximum Gasteiger partial charge on any atom is 0.230 e. The van der Waals surface area contributed by atoms with E-state index in [4.69, 9.17) is 0 Å². The van der Waals surface area contributed by atoms with Gasteiger partial charge in [-0.15, -0.1) is 23.5 Å². The Morgan fingerprint density at radius 2 is 1.84 bits per heavy atom. The number of hydrogen-bond donors (Lipinski definition) is 1. The van der Waals surface area contributed by atoms with E-state index in [1.165, 1.54) is 4.90 Å². The maximum atomic E-state index is 11.9. The number of hydrogen-bond acceptors (Lipinski definition) is 3. The fourth-order valence-corrected chi connectivity index (χ4v) is 2.60. The Hall–Kier alpha value is -0.610. The highest BCUT2D eigenvalue weighted by molar-refractivity contribution is 8.01. The molecule has 0 aliphatic heterocycles. The van der Waals surface area contributed by atoms with Crippen LogP contribution >= 0.6 is 23.5 Å². The first-order valence-corrected chi connectivity index (χ1v) is 8.60. The van der Waals surface area contributed by atoms with Gasteiger partial charge in [-0.05, 0) is 30.9 Å². The number of rotatable bonds is 5. The number of amides is 1. The number of benzene rings is 1. The molecule has 1 amide bonds. The zero-order valence-electron chi connectivity index (χ0n) is 12.3. The monoisotopic (exact) mass is 297 g/mol. The number of thioether (sulfide) groups is 2. The van der Waals surface area contributed by atoms with Crippen molar-refractivity contribution in [2.75, 3.05) is 12.0 Å². The summed E-state index contributed by atoms with van der Waals surface area (Å²) in [4.78, 5) is 13.1. The smallest absolute Gasteiger partial charge is 0.230 e. The molecule has 4 heteroatoms. The molecule has 1 N–H and O–H groups in total. The first kappa shape index (κ1) is 16.4. The zero-order valence-corrected chi connectivity index (χ0v) is 14.0. The van der Waals surface area contributed by atoms with E-state index in [1.54, 1.807) is 23.5 Å². The van der Waals surface area contributed by atoms with Gasteiger partial charge in [0.15, 0.2) is 0 Å². The van der Waals surface area contributed by atoms with E-state index in [1.807, 2.05) is 6.92 Å². The molecule has 19 heavy (non-hydrogen) atoms. The van der Waals surface area contributed by atoms with Crippen molar-refractivity contribution in [1.82, 2.24) is 5.32 Å². The van der Waals surface area contributed by atoms with E-state index in [-0.39, 0.29) is 16.7 Å². The minimum absolute atomic E-state index is 0.0592. The van der Waals surface area contributed by atoms with E-state index in [2.05, 4.69) is 56.6 Å². The van der Waals surface area contributed by atoms with Crippen LogP contribution in [0, 0.1) is 0 Å². The Morgan fingerprint density at radius 1 is 1.26 bits per heavy atom. The minimum Gasteiger partial charge on any atom is -0.349 e. The molecule has 0 aliphatic carbocycles. The fraction of sp³-hybridized carbons (Fsp3) is 0.533. The predicted molar refractivity (Wildman–Crippen MR) is 87.0 cm³/mol. The first-order chi connectivity index (χ1) is 8.81. The van der Waals surface area contributed by atoms with Gasteiger partial charge in [-0.3, -0.25) is 4.79 Å². The quantitative estimate of drug-likeness (QED) is 0.829. The largest absolute Gasteiger partial charge is 0.349 e. The summed E-state index contributed by atoms with van der Waals surface area (Å²) in [6.45, 7) is 8.38. The third kappa shape index (κ3) is 6.39. The van der Waals surface area contributed by atoms with E-state index in [0.29, 0.717) is 5.75 Å². The molecule has 0 saturated heterocycles. The second kappa shape index (κ2) is 7.25. The van der Waals surface area contributed by atoms with Gasteiger partial charge in [0.05, 0.1) is 11.8 Å². The van der Waals surface area contributed by atoms with Gasteiger partial charge in [0.2, 0.25) is 5.91 Å². The van der Waals surface area contributed by atoms with Crippen molar-refractivity contribution in [3.63, 3.8) is 0 Å². The summed E-state index contributed by atoms with van der Waals surface area (Å²) in [7, 11) is 0. The second-order valence-electron chi connectivity index (χ2n) is 5.46. The topological polar surface area (TPSA) is 29.1 Å². The molecule has 0 fully saturated rings. The molecule has 0 radical (unpaired) electrons. The normalized spacial score (nSPS) is 13.1. The maximum absolute atomic E-state index is 11.9. The van der Waals surface area contributed by atoms with Crippen LogP contribution in [0.5, 0.6) is 0 Å². The third-order valence-corrected chi connectivity index (χ3v) is 4.65. The van der Waals surface area contributed by atoms with Crippen LogP contribution in [0.4, 0.5) is 0 Å². The minimum atomic E-state index is 0.0592. The van der Waals surface area contributed by atoms with Gasteiger partial charge < -0.3 is 5.32 Å². The molecule has 0 spiro atoms. The van der Waals surface area contributed by atoms with E-state index < -0.39 is 0 Å². The summed E-state index contributed by atoms with van der Waals surface area (Å²) < 4.78 is 0.126. The van der Waals surface area contributed by atoms with Crippen LogP contribution in [0.15, 0.2) is 29.2 Å². The van der Waals surface area contributed by atoms with E-state index in [9.17, 15) is 4.79 Å². The van der Waals surface area contributed by atoms with Crippen molar-refractivity contribution in [1.29, 1.82) is 0 Å². The molecule has 1 rings (SSSR count). The number of carbonyl (C=O) groups is 1. The second-order valence-corrected chi connectivity index (χ2v) is 8.15. The third-order valence-electron chi connectivity index (χ3n) is 2.63. The fourth-order valence-electron chi connectivity index (χ4n) is 1.54. The summed E-state index contributed by atoms with van der Waals surface area (Å²) in [5.41, 5.74) is 1.15. The molecule has 0 aromatic heterocycles. The summed E-state index contributed by atoms with van der Waals surface area (Å²) in [6.07, 6.45) is 2.06. The molecular formula is C15H23NOS2. The van der Waals surface area contributed by atoms with Gasteiger partial charge in [-0.25, -0.2) is 0 Å². The summed E-state index contributed by atoms with van der Waals surface area (Å²) in [5.74, 6) is 0.609. The van der Waals surface area contributed by atoms with Crippen LogP contribution in [0.2, 0.25) is 0 Å². The van der Waals surface area contributed by atoms with Gasteiger partial charge in [0.1, 0.15) is 0 Å². The van der Waals surface area contributed by atoms with Crippen LogP contribution < -0.4 is 5.32 Å². The molecule has 1 aromatic rings. The number of nitrogens with one attached hydrogen (secondary N) is 1. The zero-order chi connectivity index (χ0) is 14.5. The average molecular weight is 297 g/mol. The molecule has 2 nitrogen and oxygen atoms in total. The number of carbonyl (C=O) groups excluding carboxylic acids is 1. The molecule has 0 aliphatic rings. The van der Waals surface area contributed by atoms with Gasteiger partial charge in [0.25, 0.3) is 0 Å². The molecule has 1 aromatic carbocycles. The van der Waals surface area contributed by atoms with Crippen molar-refractivity contribution in [2.45, 2.75) is 43.4 Å². The van der Waals surface area contributed by atoms with Gasteiger partial charge in [-0.2, -0.15) is 0 Å². The highest BCUT2D eigenvalue weighted by Gasteiger charge is 2.15. The highest BCUT2D eigenvalue weighted by atomic mass is 32.2. The Bertz CT molecular complexity index is 409. The van der Waals surface area contributed by atoms with Gasteiger partial charge >= 0.3 is 0 Å². The average Bonchev–Trinajstić information content (AvgIpc) is 2.35. The van der Waals surface area contributed by atoms with Crippen molar-refractivity contribution < 1.29 is 4.79 Å². The van der Waals surface area contributed by atoms with Crippen LogP contribution in [0.25, 0.3) is 0 Å². The van der Waals surface area contributed by atoms with Crippen LogP contribution in [0.3, 0.4) is 0 Å². The van der Waals surface area contributed by atoms with Crippen LogP contribution in [-0.4, -0.2) is 22.7 Å². The summed E-state index contributed by atoms with van der Waals surface area (Å²) >= 11 is 3.39. The van der Waals surface area contributed by atoms with E-state index >= 15 is 0 Å². The lowest BCUT2D eigenvalue weighted by Gasteiger charge is -2.19. The van der Waals surface area contributed by atoms with Crippen molar-refractivity contribution in [3.8, 4) is 0 Å². The Labute approximate surface area is 125 Å². The molecule has 0 bridgehead atoms. The standard InChI is InChI=1S/C15H23NOS2/c1-11(12-6-8-13(18-5)9-7-12)16-14(17)10-19-15(2,3)4/h6-9,11H,10H2,1-5H3,(H,16,17)/t11-/m1/s1. The lowest BCUT2D eigenvalue weighted by atomic mass is 10.1. The lowest BCUT2D eigenvalue weighted by Crippen LogP contribution is -2.29. The molecule has 0 unspecified atom stereocenters. The Kier molecular flexibility index (Phi) is 6.27. The van der Waals surface area contributed by atoms with Crippen LogP contribution in [-0.2, 0) is 4.79 Å². The molecular weight excluding hydrogens is 274 g/mol. The molecule has 106 valence electrons. The highest BCUT2D eigenvalue weighted by Crippen LogP contribution is 2.23. The molecule has 0 heterocycles. The molecule has 0 saturated carbocycles. The van der Waals surface area contributed by atoms with Crippen molar-refractivity contribution >= 4 is 29.4 Å².